The standard InChI is InChI=1S/C22H28OSi/c1-18(16-24(3,4)20-13-9-6-10-14-20)21(15-22(2)17-23-22)19-11-7-5-8-12-19/h5-14,21H,1,15-17H2,2-4H3. The second-order valence-electron chi connectivity index (χ2n) is 7.99. The topological polar surface area (TPSA) is 12.5 Å². The molecule has 1 saturated heterocycles. The van der Waals surface area contributed by atoms with Crippen LogP contribution in [0, 0.1) is 0 Å². The van der Waals surface area contributed by atoms with Crippen molar-refractivity contribution in [3.63, 3.8) is 0 Å². The van der Waals surface area contributed by atoms with Gasteiger partial charge in [0.2, 0.25) is 0 Å². The highest BCUT2D eigenvalue weighted by Crippen LogP contribution is 2.42. The minimum absolute atomic E-state index is 0.0435. The van der Waals surface area contributed by atoms with Crippen LogP contribution in [0.1, 0.15) is 24.8 Å². The molecule has 0 radical (unpaired) electrons. The van der Waals surface area contributed by atoms with Crippen LogP contribution in [0.3, 0.4) is 0 Å². The normalized spacial score (nSPS) is 21.3. The van der Waals surface area contributed by atoms with E-state index in [1.54, 1.807) is 0 Å². The van der Waals surface area contributed by atoms with E-state index in [4.69, 9.17) is 4.74 Å². The Hall–Kier alpha value is -1.64. The average molecular weight is 337 g/mol. The summed E-state index contributed by atoms with van der Waals surface area (Å²) in [4.78, 5) is 0. The monoisotopic (exact) mass is 336 g/mol. The van der Waals surface area contributed by atoms with Crippen LogP contribution in [-0.4, -0.2) is 20.3 Å². The zero-order valence-electron chi connectivity index (χ0n) is 15.1. The van der Waals surface area contributed by atoms with Gasteiger partial charge in [0.25, 0.3) is 0 Å². The van der Waals surface area contributed by atoms with E-state index in [1.807, 2.05) is 0 Å². The van der Waals surface area contributed by atoms with Gasteiger partial charge in [-0.15, -0.1) is 0 Å². The number of rotatable bonds is 7. The molecule has 2 heteroatoms. The molecule has 0 bridgehead atoms. The third kappa shape index (κ3) is 4.06. The second-order valence-corrected chi connectivity index (χ2v) is 12.7. The number of allylic oxidation sites excluding steroid dienone is 1. The molecule has 3 rings (SSSR count). The van der Waals surface area contributed by atoms with Gasteiger partial charge >= 0.3 is 0 Å². The lowest BCUT2D eigenvalue weighted by Crippen LogP contribution is -2.41. The third-order valence-corrected chi connectivity index (χ3v) is 8.43. The SMILES string of the molecule is C=C(C[Si](C)(C)c1ccccc1)C(CC1(C)CO1)c1ccccc1. The molecule has 2 unspecified atom stereocenters. The summed E-state index contributed by atoms with van der Waals surface area (Å²) in [6.45, 7) is 12.5. The van der Waals surface area contributed by atoms with E-state index in [-0.39, 0.29) is 5.60 Å². The van der Waals surface area contributed by atoms with E-state index < -0.39 is 8.07 Å². The molecular formula is C22H28OSi. The molecule has 2 aromatic carbocycles. The average Bonchev–Trinajstić information content (AvgIpc) is 3.31. The fourth-order valence-corrected chi connectivity index (χ4v) is 6.22. The summed E-state index contributed by atoms with van der Waals surface area (Å²) in [7, 11) is -1.53. The van der Waals surface area contributed by atoms with Gasteiger partial charge in [0.1, 0.15) is 0 Å². The Bertz CT molecular complexity index is 686. The molecule has 0 aromatic heterocycles. The predicted molar refractivity (Wildman–Crippen MR) is 106 cm³/mol. The molecule has 0 amide bonds. The lowest BCUT2D eigenvalue weighted by atomic mass is 9.85. The Morgan fingerprint density at radius 1 is 1.08 bits per heavy atom. The largest absolute Gasteiger partial charge is 0.370 e. The number of hydrogen-bond acceptors (Lipinski definition) is 1. The minimum atomic E-state index is -1.53. The van der Waals surface area contributed by atoms with Crippen molar-refractivity contribution in [2.75, 3.05) is 6.61 Å². The molecule has 2 atom stereocenters. The van der Waals surface area contributed by atoms with Crippen molar-refractivity contribution >= 4 is 13.3 Å². The van der Waals surface area contributed by atoms with Gasteiger partial charge in [0, 0.05) is 5.92 Å². The van der Waals surface area contributed by atoms with E-state index >= 15 is 0 Å². The number of ether oxygens (including phenoxy) is 1. The summed E-state index contributed by atoms with van der Waals surface area (Å²) in [5.41, 5.74) is 2.78. The van der Waals surface area contributed by atoms with E-state index in [0.29, 0.717) is 5.92 Å². The summed E-state index contributed by atoms with van der Waals surface area (Å²) in [5.74, 6) is 0.384. The summed E-state index contributed by atoms with van der Waals surface area (Å²) in [6.07, 6.45) is 1.04. The Morgan fingerprint density at radius 2 is 1.62 bits per heavy atom. The van der Waals surface area contributed by atoms with Gasteiger partial charge in [-0.1, -0.05) is 91.1 Å². The van der Waals surface area contributed by atoms with Gasteiger partial charge in [0.15, 0.2) is 0 Å². The maximum absolute atomic E-state index is 5.68. The smallest absolute Gasteiger partial charge is 0.0897 e. The van der Waals surface area contributed by atoms with Gasteiger partial charge in [-0.05, 0) is 25.0 Å². The first-order valence-corrected chi connectivity index (χ1v) is 12.0. The fraction of sp³-hybridized carbons (Fsp3) is 0.364. The molecular weight excluding hydrogens is 308 g/mol. The molecule has 1 aliphatic rings. The summed E-state index contributed by atoms with van der Waals surface area (Å²) in [6, 6.07) is 22.9. The van der Waals surface area contributed by atoms with Gasteiger partial charge in [-0.3, -0.25) is 0 Å². The van der Waals surface area contributed by atoms with Gasteiger partial charge in [-0.25, -0.2) is 0 Å². The second kappa shape index (κ2) is 6.70. The van der Waals surface area contributed by atoms with Crippen LogP contribution in [0.15, 0.2) is 72.8 Å². The zero-order valence-corrected chi connectivity index (χ0v) is 16.1. The summed E-state index contributed by atoms with van der Waals surface area (Å²) < 4.78 is 5.68. The third-order valence-electron chi connectivity index (χ3n) is 5.19. The highest BCUT2D eigenvalue weighted by atomic mass is 28.3. The molecule has 24 heavy (non-hydrogen) atoms. The summed E-state index contributed by atoms with van der Waals surface area (Å²) in [5, 5.41) is 1.51. The molecule has 0 saturated carbocycles. The van der Waals surface area contributed by atoms with Crippen molar-refractivity contribution in [3.8, 4) is 0 Å². The van der Waals surface area contributed by atoms with Crippen molar-refractivity contribution in [1.82, 2.24) is 0 Å². The maximum Gasteiger partial charge on any atom is 0.0897 e. The highest BCUT2D eigenvalue weighted by Gasteiger charge is 2.42. The lowest BCUT2D eigenvalue weighted by molar-refractivity contribution is 0.299. The number of epoxide rings is 1. The quantitative estimate of drug-likeness (QED) is 0.388. The van der Waals surface area contributed by atoms with E-state index in [9.17, 15) is 0 Å². The first-order chi connectivity index (χ1) is 11.4. The first kappa shape index (κ1) is 17.2. The van der Waals surface area contributed by atoms with Crippen LogP contribution in [0.4, 0.5) is 0 Å². The highest BCUT2D eigenvalue weighted by molar-refractivity contribution is 6.90. The van der Waals surface area contributed by atoms with Crippen LogP contribution in [-0.2, 0) is 4.74 Å². The Morgan fingerprint density at radius 3 is 2.17 bits per heavy atom. The predicted octanol–water partition coefficient (Wildman–Crippen LogP) is 5.12. The molecule has 1 heterocycles. The van der Waals surface area contributed by atoms with Crippen LogP contribution < -0.4 is 5.19 Å². The first-order valence-electron chi connectivity index (χ1n) is 8.82. The van der Waals surface area contributed by atoms with E-state index in [1.165, 1.54) is 16.3 Å². The van der Waals surface area contributed by atoms with Gasteiger partial charge in [-0.2, -0.15) is 0 Å². The Balaban J connectivity index is 1.81. The minimum Gasteiger partial charge on any atom is -0.370 e. The molecule has 0 N–H and O–H groups in total. The summed E-state index contributed by atoms with van der Waals surface area (Å²) >= 11 is 0. The molecule has 1 fully saturated rings. The number of benzene rings is 2. The zero-order chi connectivity index (χ0) is 17.2. The Labute approximate surface area is 147 Å². The van der Waals surface area contributed by atoms with Gasteiger partial charge in [0.05, 0.1) is 20.3 Å². The van der Waals surface area contributed by atoms with Crippen molar-refractivity contribution in [3.05, 3.63) is 78.4 Å². The van der Waals surface area contributed by atoms with Gasteiger partial charge < -0.3 is 4.74 Å². The van der Waals surface area contributed by atoms with Crippen LogP contribution in [0.2, 0.25) is 19.1 Å². The van der Waals surface area contributed by atoms with E-state index in [2.05, 4.69) is 87.3 Å². The Kier molecular flexibility index (Phi) is 4.80. The fourth-order valence-electron chi connectivity index (χ4n) is 3.54. The van der Waals surface area contributed by atoms with E-state index in [0.717, 1.165) is 19.1 Å². The molecule has 126 valence electrons. The molecule has 1 nitrogen and oxygen atoms in total. The van der Waals surface area contributed by atoms with Crippen molar-refractivity contribution in [2.45, 2.75) is 44.0 Å². The molecule has 2 aromatic rings. The van der Waals surface area contributed by atoms with Crippen LogP contribution >= 0.6 is 0 Å². The number of hydrogen-bond donors (Lipinski definition) is 0. The lowest BCUT2D eigenvalue weighted by Gasteiger charge is -2.29. The molecule has 0 spiro atoms. The maximum atomic E-state index is 5.68. The molecule has 1 aliphatic heterocycles. The van der Waals surface area contributed by atoms with Crippen LogP contribution in [0.5, 0.6) is 0 Å². The van der Waals surface area contributed by atoms with Crippen LogP contribution in [0.25, 0.3) is 0 Å². The van der Waals surface area contributed by atoms with Crippen molar-refractivity contribution in [1.29, 1.82) is 0 Å². The van der Waals surface area contributed by atoms with Crippen molar-refractivity contribution in [2.24, 2.45) is 0 Å². The van der Waals surface area contributed by atoms with Crippen molar-refractivity contribution < 1.29 is 4.74 Å². The molecule has 0 aliphatic carbocycles.